The summed E-state index contributed by atoms with van der Waals surface area (Å²) in [5, 5.41) is 8.71. The van der Waals surface area contributed by atoms with E-state index in [9.17, 15) is 9.59 Å². The van der Waals surface area contributed by atoms with Gasteiger partial charge in [0.05, 0.1) is 0 Å². The lowest BCUT2D eigenvalue weighted by Crippen LogP contribution is -2.46. The number of amides is 1. The number of carboxylic acids is 1. The normalized spacial score (nSPS) is 16.6. The number of ether oxygens (including phenoxy) is 1. The molecule has 3 rings (SSSR count). The molecule has 1 aliphatic rings. The van der Waals surface area contributed by atoms with Crippen LogP contribution in [0.15, 0.2) is 48.5 Å². The lowest BCUT2D eigenvalue weighted by molar-refractivity contribution is -0.147. The second kappa shape index (κ2) is 10.2. The first-order chi connectivity index (χ1) is 14.1. The number of rotatable bonds is 8. The molecule has 5 nitrogen and oxygen atoms in total. The smallest absolute Gasteiger partial charge is 0.329 e. The monoisotopic (exact) mass is 395 g/mol. The Balaban J connectivity index is 1.75. The van der Waals surface area contributed by atoms with Gasteiger partial charge in [-0.3, -0.25) is 4.79 Å². The molecule has 1 saturated heterocycles. The second-order valence-corrected chi connectivity index (χ2v) is 7.54. The third kappa shape index (κ3) is 5.67. The van der Waals surface area contributed by atoms with E-state index in [1.165, 1.54) is 22.3 Å². The summed E-state index contributed by atoms with van der Waals surface area (Å²) in [4.78, 5) is 25.1. The van der Waals surface area contributed by atoms with Crippen molar-refractivity contribution < 1.29 is 19.4 Å². The number of hydrogen-bond acceptors (Lipinski definition) is 3. The van der Waals surface area contributed by atoms with Crippen LogP contribution in [-0.4, -0.2) is 47.7 Å². The number of hydrogen-bond donors (Lipinski definition) is 1. The van der Waals surface area contributed by atoms with Gasteiger partial charge in [-0.1, -0.05) is 55.5 Å². The van der Waals surface area contributed by atoms with E-state index >= 15 is 0 Å². The minimum absolute atomic E-state index is 0.112. The van der Waals surface area contributed by atoms with E-state index in [0.717, 1.165) is 32.1 Å². The lowest BCUT2D eigenvalue weighted by Gasteiger charge is -2.36. The predicted molar refractivity (Wildman–Crippen MR) is 113 cm³/mol. The van der Waals surface area contributed by atoms with Crippen LogP contribution in [0.4, 0.5) is 0 Å². The summed E-state index contributed by atoms with van der Waals surface area (Å²) in [6, 6.07) is 17.2. The first-order valence-corrected chi connectivity index (χ1v) is 10.3. The van der Waals surface area contributed by atoms with E-state index in [4.69, 9.17) is 9.84 Å². The van der Waals surface area contributed by atoms with Gasteiger partial charge in [0, 0.05) is 12.6 Å². The fourth-order valence-corrected chi connectivity index (χ4v) is 4.00. The standard InChI is InChI=1S/C24H29NO4/c1-2-18-10-12-19(13-11-18)22-9-4-3-7-20(22)15-21-8-5-6-14-25(21)23(26)16-29-17-24(27)28/h3-4,7,9-13,21H,2,5-6,8,14-17H2,1H3,(H,27,28). The van der Waals surface area contributed by atoms with Gasteiger partial charge in [-0.2, -0.15) is 0 Å². The van der Waals surface area contributed by atoms with Gasteiger partial charge in [0.1, 0.15) is 13.2 Å². The average molecular weight is 395 g/mol. The SMILES string of the molecule is CCc1ccc(-c2ccccc2CC2CCCCN2C(=O)COCC(=O)O)cc1. The van der Waals surface area contributed by atoms with Crippen molar-refractivity contribution in [3.05, 3.63) is 59.7 Å². The van der Waals surface area contributed by atoms with Crippen LogP contribution in [0.25, 0.3) is 11.1 Å². The Morgan fingerprint density at radius 2 is 1.83 bits per heavy atom. The van der Waals surface area contributed by atoms with Crippen LogP contribution < -0.4 is 0 Å². The minimum atomic E-state index is -1.06. The molecule has 0 aromatic heterocycles. The third-order valence-corrected chi connectivity index (χ3v) is 5.54. The molecular formula is C24H29NO4. The fourth-order valence-electron chi connectivity index (χ4n) is 4.00. The second-order valence-electron chi connectivity index (χ2n) is 7.54. The Morgan fingerprint density at radius 3 is 2.55 bits per heavy atom. The summed E-state index contributed by atoms with van der Waals surface area (Å²) in [6.07, 6.45) is 4.83. The first-order valence-electron chi connectivity index (χ1n) is 10.3. The van der Waals surface area contributed by atoms with Crippen molar-refractivity contribution in [2.45, 2.75) is 45.1 Å². The van der Waals surface area contributed by atoms with E-state index in [1.807, 2.05) is 11.0 Å². The number of aryl methyl sites for hydroxylation is 1. The Labute approximate surface area is 172 Å². The number of aliphatic carboxylic acids is 1. The molecule has 0 radical (unpaired) electrons. The zero-order chi connectivity index (χ0) is 20.6. The molecule has 2 aromatic rings. The van der Waals surface area contributed by atoms with Crippen molar-refractivity contribution >= 4 is 11.9 Å². The van der Waals surface area contributed by atoms with Gasteiger partial charge in [0.2, 0.25) is 5.91 Å². The maximum absolute atomic E-state index is 12.6. The molecule has 2 aromatic carbocycles. The number of carboxylic acid groups (broad SMARTS) is 1. The number of carbonyl (C=O) groups is 2. The van der Waals surface area contributed by atoms with E-state index in [1.54, 1.807) is 0 Å². The van der Waals surface area contributed by atoms with Crippen LogP contribution in [0.3, 0.4) is 0 Å². The maximum atomic E-state index is 12.6. The van der Waals surface area contributed by atoms with Crippen LogP contribution in [0.5, 0.6) is 0 Å². The molecule has 1 amide bonds. The Hall–Kier alpha value is -2.66. The van der Waals surface area contributed by atoms with Gasteiger partial charge < -0.3 is 14.7 Å². The van der Waals surface area contributed by atoms with Crippen LogP contribution in [0.2, 0.25) is 0 Å². The van der Waals surface area contributed by atoms with Gasteiger partial charge in [-0.25, -0.2) is 4.79 Å². The average Bonchev–Trinajstić information content (AvgIpc) is 2.74. The summed E-state index contributed by atoms with van der Waals surface area (Å²) < 4.78 is 5.03. The number of likely N-dealkylation sites (tertiary alicyclic amines) is 1. The molecule has 1 atom stereocenters. The topological polar surface area (TPSA) is 66.8 Å². The molecule has 1 aliphatic heterocycles. The highest BCUT2D eigenvalue weighted by Crippen LogP contribution is 2.28. The lowest BCUT2D eigenvalue weighted by atomic mass is 9.90. The van der Waals surface area contributed by atoms with E-state index in [2.05, 4.69) is 49.4 Å². The maximum Gasteiger partial charge on any atom is 0.329 e. The molecular weight excluding hydrogens is 366 g/mol. The van der Waals surface area contributed by atoms with Gasteiger partial charge >= 0.3 is 5.97 Å². The molecule has 29 heavy (non-hydrogen) atoms. The zero-order valence-electron chi connectivity index (χ0n) is 17.0. The molecule has 1 heterocycles. The van der Waals surface area contributed by atoms with Crippen LogP contribution in [0.1, 0.15) is 37.3 Å². The van der Waals surface area contributed by atoms with E-state index in [-0.39, 0.29) is 18.6 Å². The Morgan fingerprint density at radius 1 is 1.07 bits per heavy atom. The van der Waals surface area contributed by atoms with Crippen molar-refractivity contribution in [3.8, 4) is 11.1 Å². The van der Waals surface area contributed by atoms with Gasteiger partial charge in [-0.15, -0.1) is 0 Å². The van der Waals surface area contributed by atoms with Crippen molar-refractivity contribution in [2.75, 3.05) is 19.8 Å². The molecule has 1 unspecified atom stereocenters. The molecule has 0 aliphatic carbocycles. The minimum Gasteiger partial charge on any atom is -0.480 e. The highest BCUT2D eigenvalue weighted by Gasteiger charge is 2.27. The Kier molecular flexibility index (Phi) is 7.42. The number of carbonyl (C=O) groups excluding carboxylic acids is 1. The van der Waals surface area contributed by atoms with Crippen molar-refractivity contribution in [1.29, 1.82) is 0 Å². The van der Waals surface area contributed by atoms with Crippen molar-refractivity contribution in [1.82, 2.24) is 4.90 Å². The number of benzene rings is 2. The third-order valence-electron chi connectivity index (χ3n) is 5.54. The summed E-state index contributed by atoms with van der Waals surface area (Å²) in [5.74, 6) is -1.18. The molecule has 1 fully saturated rings. The molecule has 0 saturated carbocycles. The largest absolute Gasteiger partial charge is 0.480 e. The molecule has 154 valence electrons. The molecule has 5 heteroatoms. The highest BCUT2D eigenvalue weighted by atomic mass is 16.5. The fraction of sp³-hybridized carbons (Fsp3) is 0.417. The summed E-state index contributed by atoms with van der Waals surface area (Å²) >= 11 is 0. The predicted octanol–water partition coefficient (Wildman–Crippen LogP) is 3.94. The van der Waals surface area contributed by atoms with Gasteiger partial charge in [-0.05, 0) is 54.4 Å². The highest BCUT2D eigenvalue weighted by molar-refractivity contribution is 5.78. The van der Waals surface area contributed by atoms with Gasteiger partial charge in [0.15, 0.2) is 0 Å². The Bertz CT molecular complexity index is 831. The van der Waals surface area contributed by atoms with Crippen molar-refractivity contribution in [3.63, 3.8) is 0 Å². The number of nitrogens with zero attached hydrogens (tertiary/aromatic N) is 1. The first kappa shape index (κ1) is 21.1. The van der Waals surface area contributed by atoms with Gasteiger partial charge in [0.25, 0.3) is 0 Å². The molecule has 0 bridgehead atoms. The zero-order valence-corrected chi connectivity index (χ0v) is 17.0. The van der Waals surface area contributed by atoms with E-state index in [0.29, 0.717) is 6.54 Å². The summed E-state index contributed by atoms with van der Waals surface area (Å²) in [7, 11) is 0. The number of piperidine rings is 1. The van der Waals surface area contributed by atoms with Crippen molar-refractivity contribution in [2.24, 2.45) is 0 Å². The van der Waals surface area contributed by atoms with Crippen LogP contribution >= 0.6 is 0 Å². The van der Waals surface area contributed by atoms with Crippen LogP contribution in [0, 0.1) is 0 Å². The summed E-state index contributed by atoms with van der Waals surface area (Å²) in [6.45, 7) is 2.23. The van der Waals surface area contributed by atoms with E-state index < -0.39 is 12.6 Å². The van der Waals surface area contributed by atoms with Crippen LogP contribution in [-0.2, 0) is 27.2 Å². The summed E-state index contributed by atoms with van der Waals surface area (Å²) in [5.41, 5.74) is 4.94. The molecule has 1 N–H and O–H groups in total. The molecule has 0 spiro atoms. The quantitative estimate of drug-likeness (QED) is 0.735.